The summed E-state index contributed by atoms with van der Waals surface area (Å²) < 4.78 is 1.79. The Bertz CT molecular complexity index is 1260. The number of carbonyl (C=O) groups is 1. The minimum atomic E-state index is -0.305. The summed E-state index contributed by atoms with van der Waals surface area (Å²) in [6, 6.07) is 13.5. The van der Waals surface area contributed by atoms with Crippen LogP contribution in [0.2, 0.25) is 0 Å². The highest BCUT2D eigenvalue weighted by molar-refractivity contribution is 5.97. The third-order valence-electron chi connectivity index (χ3n) is 5.27. The lowest BCUT2D eigenvalue weighted by Gasteiger charge is -2.16. The van der Waals surface area contributed by atoms with Crippen molar-refractivity contribution in [1.82, 2.24) is 24.5 Å². The first-order valence-corrected chi connectivity index (χ1v) is 9.42. The normalized spacial score (nSPS) is 13.4. The predicted octanol–water partition coefficient (Wildman–Crippen LogP) is 2.68. The number of aryl methyl sites for hydroxylation is 1. The van der Waals surface area contributed by atoms with Gasteiger partial charge in [-0.1, -0.05) is 31.2 Å². The monoisotopic (exact) mass is 373 g/mol. The largest absolute Gasteiger partial charge is 0.330 e. The van der Waals surface area contributed by atoms with Gasteiger partial charge in [-0.15, -0.1) is 10.2 Å². The van der Waals surface area contributed by atoms with Crippen LogP contribution in [-0.2, 0) is 19.5 Å². The van der Waals surface area contributed by atoms with E-state index in [-0.39, 0.29) is 17.1 Å². The second-order valence-corrected chi connectivity index (χ2v) is 7.14. The second-order valence-electron chi connectivity index (χ2n) is 7.14. The fourth-order valence-electron chi connectivity index (χ4n) is 3.90. The van der Waals surface area contributed by atoms with E-state index in [9.17, 15) is 9.59 Å². The van der Waals surface area contributed by atoms with Gasteiger partial charge in [0.2, 0.25) is 5.65 Å². The molecule has 0 spiro atoms. The lowest BCUT2D eigenvalue weighted by atomic mass is 10.1. The van der Waals surface area contributed by atoms with Crippen LogP contribution in [0.15, 0.2) is 47.3 Å². The van der Waals surface area contributed by atoms with Crippen molar-refractivity contribution in [3.05, 3.63) is 75.3 Å². The lowest BCUT2D eigenvalue weighted by Crippen LogP contribution is -2.25. The quantitative estimate of drug-likeness (QED) is 0.598. The van der Waals surface area contributed by atoms with E-state index in [0.29, 0.717) is 24.2 Å². The summed E-state index contributed by atoms with van der Waals surface area (Å²) in [6.45, 7) is 3.27. The number of aromatic nitrogens is 4. The van der Waals surface area contributed by atoms with Crippen LogP contribution in [0.25, 0.3) is 16.7 Å². The summed E-state index contributed by atoms with van der Waals surface area (Å²) in [4.78, 5) is 30.1. The molecule has 5 rings (SSSR count). The van der Waals surface area contributed by atoms with Crippen LogP contribution >= 0.6 is 0 Å². The van der Waals surface area contributed by atoms with Gasteiger partial charge in [0.1, 0.15) is 5.82 Å². The molecule has 1 amide bonds. The van der Waals surface area contributed by atoms with Crippen LogP contribution in [-0.4, -0.2) is 30.4 Å². The molecule has 4 aromatic rings. The molecule has 7 nitrogen and oxygen atoms in total. The van der Waals surface area contributed by atoms with Crippen molar-refractivity contribution >= 4 is 22.6 Å². The molecule has 2 aromatic carbocycles. The number of aromatic amines is 1. The van der Waals surface area contributed by atoms with Gasteiger partial charge < -0.3 is 9.88 Å². The first-order chi connectivity index (χ1) is 13.7. The smallest absolute Gasteiger partial charge is 0.294 e. The summed E-state index contributed by atoms with van der Waals surface area (Å²) in [6.07, 6.45) is 1.63. The Labute approximate surface area is 160 Å². The van der Waals surface area contributed by atoms with Gasteiger partial charge in [0, 0.05) is 25.1 Å². The van der Waals surface area contributed by atoms with Crippen LogP contribution in [0.4, 0.5) is 0 Å². The Morgan fingerprint density at radius 1 is 1.11 bits per heavy atom. The molecule has 1 aliphatic rings. The third kappa shape index (κ3) is 2.51. The first-order valence-electron chi connectivity index (χ1n) is 9.42. The predicted molar refractivity (Wildman–Crippen MR) is 105 cm³/mol. The molecule has 0 atom stereocenters. The molecule has 0 unspecified atom stereocenters. The Morgan fingerprint density at radius 2 is 1.86 bits per heavy atom. The molecule has 0 fully saturated rings. The molecule has 2 aromatic heterocycles. The number of rotatable bonds is 3. The number of hydrogen-bond acceptors (Lipinski definition) is 4. The van der Waals surface area contributed by atoms with Crippen molar-refractivity contribution in [3.8, 4) is 0 Å². The third-order valence-corrected chi connectivity index (χ3v) is 5.27. The number of hydrogen-bond donors (Lipinski definition) is 1. The first kappa shape index (κ1) is 16.7. The lowest BCUT2D eigenvalue weighted by molar-refractivity contribution is 0.0751. The summed E-state index contributed by atoms with van der Waals surface area (Å²) in [7, 11) is 0. The molecule has 0 bridgehead atoms. The van der Waals surface area contributed by atoms with Gasteiger partial charge in [0.05, 0.1) is 11.0 Å². The van der Waals surface area contributed by atoms with E-state index < -0.39 is 0 Å². The van der Waals surface area contributed by atoms with E-state index in [2.05, 4.69) is 34.2 Å². The standard InChI is InChI=1S/C21H19N5O2/c1-2-5-18-23-24-19-20(27)22-16-10-13(8-9-17(16)26(18)19)21(28)25-11-14-6-3-4-7-15(14)12-25/h3-4,6-10H,2,5,11-12H2,1H3,(H,22,27). The van der Waals surface area contributed by atoms with Crippen molar-refractivity contribution in [1.29, 1.82) is 0 Å². The summed E-state index contributed by atoms with van der Waals surface area (Å²) in [5, 5.41) is 8.18. The van der Waals surface area contributed by atoms with Crippen LogP contribution in [0.5, 0.6) is 0 Å². The molecular weight excluding hydrogens is 354 g/mol. The van der Waals surface area contributed by atoms with E-state index in [1.807, 2.05) is 23.1 Å². The number of fused-ring (bicyclic) bond motifs is 4. The van der Waals surface area contributed by atoms with Gasteiger partial charge in [-0.2, -0.15) is 0 Å². The fraction of sp³-hybridized carbons (Fsp3) is 0.238. The summed E-state index contributed by atoms with van der Waals surface area (Å²) >= 11 is 0. The minimum absolute atomic E-state index is 0.0448. The number of carbonyl (C=O) groups excluding carboxylic acids is 1. The SMILES string of the molecule is CCCc1nnc2c(=O)[nH]c3cc(C(=O)N4Cc5ccccc5C4)ccc3n12. The van der Waals surface area contributed by atoms with Crippen LogP contribution in [0.3, 0.4) is 0 Å². The molecular formula is C21H19N5O2. The highest BCUT2D eigenvalue weighted by Crippen LogP contribution is 2.25. The average Bonchev–Trinajstić information content (AvgIpc) is 3.32. The van der Waals surface area contributed by atoms with Crippen LogP contribution in [0, 0.1) is 0 Å². The molecule has 0 aliphatic carbocycles. The minimum Gasteiger partial charge on any atom is -0.330 e. The maximum atomic E-state index is 13.0. The Morgan fingerprint density at radius 3 is 2.57 bits per heavy atom. The Balaban J connectivity index is 1.57. The maximum absolute atomic E-state index is 13.0. The van der Waals surface area contributed by atoms with Gasteiger partial charge in [-0.25, -0.2) is 0 Å². The molecule has 3 heterocycles. The van der Waals surface area contributed by atoms with Crippen LogP contribution < -0.4 is 5.56 Å². The topological polar surface area (TPSA) is 83.4 Å². The van der Waals surface area contributed by atoms with Crippen molar-refractivity contribution < 1.29 is 4.79 Å². The van der Waals surface area contributed by atoms with E-state index in [0.717, 1.165) is 24.2 Å². The van der Waals surface area contributed by atoms with Crippen molar-refractivity contribution in [3.63, 3.8) is 0 Å². The van der Waals surface area contributed by atoms with Gasteiger partial charge in [0.15, 0.2) is 0 Å². The average molecular weight is 373 g/mol. The van der Waals surface area contributed by atoms with Crippen molar-refractivity contribution in [2.45, 2.75) is 32.9 Å². The van der Waals surface area contributed by atoms with Gasteiger partial charge >= 0.3 is 0 Å². The van der Waals surface area contributed by atoms with Crippen molar-refractivity contribution in [2.75, 3.05) is 0 Å². The highest BCUT2D eigenvalue weighted by Gasteiger charge is 2.24. The number of nitrogens with one attached hydrogen (secondary N) is 1. The zero-order valence-corrected chi connectivity index (χ0v) is 15.5. The summed E-state index contributed by atoms with van der Waals surface area (Å²) in [5.41, 5.74) is 4.30. The summed E-state index contributed by atoms with van der Waals surface area (Å²) in [5.74, 6) is 0.708. The highest BCUT2D eigenvalue weighted by atomic mass is 16.2. The molecule has 7 heteroatoms. The van der Waals surface area contributed by atoms with Gasteiger partial charge in [-0.05, 0) is 35.7 Å². The number of H-pyrrole nitrogens is 1. The zero-order chi connectivity index (χ0) is 19.3. The number of amides is 1. The van der Waals surface area contributed by atoms with Gasteiger partial charge in [0.25, 0.3) is 11.5 Å². The second kappa shape index (κ2) is 6.30. The molecule has 0 radical (unpaired) electrons. The maximum Gasteiger partial charge on any atom is 0.294 e. The molecule has 140 valence electrons. The molecule has 1 N–H and O–H groups in total. The van der Waals surface area contributed by atoms with Gasteiger partial charge in [-0.3, -0.25) is 14.0 Å². The molecule has 28 heavy (non-hydrogen) atoms. The molecule has 0 saturated heterocycles. The zero-order valence-electron chi connectivity index (χ0n) is 15.5. The van der Waals surface area contributed by atoms with E-state index >= 15 is 0 Å². The van der Waals surface area contributed by atoms with Crippen LogP contribution in [0.1, 0.15) is 40.7 Å². The van der Waals surface area contributed by atoms with E-state index in [4.69, 9.17) is 0 Å². The Kier molecular flexibility index (Phi) is 3.75. The number of nitrogens with zero attached hydrogens (tertiary/aromatic N) is 4. The molecule has 1 aliphatic heterocycles. The fourth-order valence-corrected chi connectivity index (χ4v) is 3.90. The van der Waals surface area contributed by atoms with E-state index in [1.54, 1.807) is 16.5 Å². The molecule has 0 saturated carbocycles. The number of benzene rings is 2. The van der Waals surface area contributed by atoms with Crippen molar-refractivity contribution in [2.24, 2.45) is 0 Å². The Hall–Kier alpha value is -3.48. The van der Waals surface area contributed by atoms with E-state index in [1.165, 1.54) is 11.1 Å².